The zero-order chi connectivity index (χ0) is 23.2. The highest BCUT2D eigenvalue weighted by atomic mass is 35.5. The maximum atomic E-state index is 12.1. The molecule has 9 nitrogen and oxygen atoms in total. The van der Waals surface area contributed by atoms with Gasteiger partial charge in [0.05, 0.1) is 33.1 Å². The number of benzene rings is 1. The molecule has 3 aromatic heterocycles. The van der Waals surface area contributed by atoms with Crippen LogP contribution in [0.3, 0.4) is 0 Å². The Bertz CT molecular complexity index is 1380. The van der Waals surface area contributed by atoms with E-state index in [2.05, 4.69) is 15.4 Å². The lowest BCUT2D eigenvalue weighted by atomic mass is 10.2. The van der Waals surface area contributed by atoms with Gasteiger partial charge in [-0.3, -0.25) is 9.48 Å². The van der Waals surface area contributed by atoms with Crippen LogP contribution >= 0.6 is 23.2 Å². The summed E-state index contributed by atoms with van der Waals surface area (Å²) >= 11 is 12.9. The van der Waals surface area contributed by atoms with Gasteiger partial charge >= 0.3 is 6.09 Å². The third kappa shape index (κ3) is 3.76. The van der Waals surface area contributed by atoms with Gasteiger partial charge in [0, 0.05) is 56.1 Å². The van der Waals surface area contributed by atoms with Crippen LogP contribution in [0, 0.1) is 0 Å². The number of aryl methyl sites for hydroxylation is 1. The first-order valence-electron chi connectivity index (χ1n) is 9.38. The number of carboxylic acid groups (broad SMARTS) is 1. The fraction of sp³-hybridized carbons (Fsp3) is 0.143. The molecular weight excluding hydrogens is 455 g/mol. The Morgan fingerprint density at radius 2 is 1.91 bits per heavy atom. The van der Waals surface area contributed by atoms with Gasteiger partial charge in [-0.15, -0.1) is 0 Å². The second kappa shape index (κ2) is 8.18. The molecule has 1 amide bonds. The second-order valence-corrected chi connectivity index (χ2v) is 8.07. The first-order valence-corrected chi connectivity index (χ1v) is 10.1. The zero-order valence-electron chi connectivity index (χ0n) is 17.3. The average molecular weight is 473 g/mol. The third-order valence-electron chi connectivity index (χ3n) is 4.85. The van der Waals surface area contributed by atoms with Crippen LogP contribution in [0.15, 0.2) is 42.9 Å². The van der Waals surface area contributed by atoms with Crippen molar-refractivity contribution in [2.75, 3.05) is 19.4 Å². The molecule has 0 radical (unpaired) electrons. The molecule has 0 spiro atoms. The molecule has 0 atom stereocenters. The molecule has 0 aliphatic heterocycles. The van der Waals surface area contributed by atoms with Crippen molar-refractivity contribution in [1.29, 1.82) is 0 Å². The molecule has 0 bridgehead atoms. The molecule has 2 N–H and O–H groups in total. The van der Waals surface area contributed by atoms with Gasteiger partial charge in [0.2, 0.25) is 0 Å². The number of rotatable bonds is 4. The highest BCUT2D eigenvalue weighted by Crippen LogP contribution is 2.38. The Labute approximate surface area is 192 Å². The largest absolute Gasteiger partial charge is 0.464 e. The van der Waals surface area contributed by atoms with Gasteiger partial charge in [-0.2, -0.15) is 5.10 Å². The summed E-state index contributed by atoms with van der Waals surface area (Å²) in [5.74, 6) is 0.190. The Balaban J connectivity index is 1.77. The molecule has 0 aliphatic carbocycles. The Kier molecular flexibility index (Phi) is 5.53. The van der Waals surface area contributed by atoms with E-state index in [-0.39, 0.29) is 10.9 Å². The van der Waals surface area contributed by atoms with Crippen molar-refractivity contribution in [1.82, 2.24) is 24.2 Å². The summed E-state index contributed by atoms with van der Waals surface area (Å²) in [6.07, 6.45) is 3.53. The Morgan fingerprint density at radius 3 is 2.50 bits per heavy atom. The van der Waals surface area contributed by atoms with Crippen molar-refractivity contribution < 1.29 is 14.7 Å². The van der Waals surface area contributed by atoms with E-state index < -0.39 is 6.09 Å². The van der Waals surface area contributed by atoms with Gasteiger partial charge in [0.15, 0.2) is 0 Å². The monoisotopic (exact) mass is 472 g/mol. The van der Waals surface area contributed by atoms with E-state index in [1.807, 2.05) is 0 Å². The quantitative estimate of drug-likeness (QED) is 0.445. The second-order valence-electron chi connectivity index (χ2n) is 7.29. The number of carbonyl (C=O) groups excluding carboxylic acids is 1. The minimum absolute atomic E-state index is 0.171. The maximum Gasteiger partial charge on any atom is 0.416 e. The van der Waals surface area contributed by atoms with E-state index in [0.717, 1.165) is 4.57 Å². The van der Waals surface area contributed by atoms with Crippen LogP contribution in [0.2, 0.25) is 10.0 Å². The number of hydrogen-bond donors (Lipinski definition) is 2. The molecule has 11 heteroatoms. The predicted molar refractivity (Wildman–Crippen MR) is 123 cm³/mol. The van der Waals surface area contributed by atoms with Gasteiger partial charge < -0.3 is 15.3 Å². The number of amides is 1. The minimum atomic E-state index is -1.19. The number of anilines is 2. The Hall–Kier alpha value is -3.56. The summed E-state index contributed by atoms with van der Waals surface area (Å²) in [5, 5.41) is 18.1. The maximum absolute atomic E-state index is 12.1. The lowest BCUT2D eigenvalue weighted by Crippen LogP contribution is -2.21. The van der Waals surface area contributed by atoms with Crippen molar-refractivity contribution in [2.24, 2.45) is 7.05 Å². The number of carbonyl (C=O) groups is 2. The molecule has 32 heavy (non-hydrogen) atoms. The number of fused-ring (bicyclic) bond motifs is 1. The van der Waals surface area contributed by atoms with E-state index in [4.69, 9.17) is 23.2 Å². The number of nitrogens with one attached hydrogen (secondary N) is 1. The molecule has 1 aromatic carbocycles. The summed E-state index contributed by atoms with van der Waals surface area (Å²) in [6, 6.07) is 6.44. The van der Waals surface area contributed by atoms with Gasteiger partial charge in [-0.05, 0) is 18.2 Å². The summed E-state index contributed by atoms with van der Waals surface area (Å²) in [6.45, 7) is 0. The summed E-state index contributed by atoms with van der Waals surface area (Å²) in [7, 11) is 5.05. The molecule has 164 valence electrons. The predicted octanol–water partition coefficient (Wildman–Crippen LogP) is 4.72. The first kappa shape index (κ1) is 21.7. The van der Waals surface area contributed by atoms with Crippen LogP contribution < -0.4 is 5.32 Å². The Morgan fingerprint density at radius 1 is 1.16 bits per heavy atom. The zero-order valence-corrected chi connectivity index (χ0v) is 18.8. The SMILES string of the molecule is CN(C)C(=O)c1ccc(Nc2cc3c(cn2)c(Cl)c(-c2cnn(C)c2)n3C(=O)O)c(Cl)c1. The van der Waals surface area contributed by atoms with Crippen molar-refractivity contribution in [3.63, 3.8) is 0 Å². The third-order valence-corrected chi connectivity index (χ3v) is 5.54. The number of hydrogen-bond acceptors (Lipinski definition) is 5. The van der Waals surface area contributed by atoms with E-state index in [0.29, 0.717) is 44.3 Å². The number of halogens is 2. The van der Waals surface area contributed by atoms with Crippen LogP contribution in [-0.2, 0) is 7.05 Å². The van der Waals surface area contributed by atoms with Crippen LogP contribution in [-0.4, -0.2) is 55.4 Å². The number of nitrogens with zero attached hydrogens (tertiary/aromatic N) is 5. The molecular formula is C21H18Cl2N6O3. The minimum Gasteiger partial charge on any atom is -0.464 e. The fourth-order valence-electron chi connectivity index (χ4n) is 3.36. The lowest BCUT2D eigenvalue weighted by Gasteiger charge is -2.13. The first-order chi connectivity index (χ1) is 15.2. The van der Waals surface area contributed by atoms with Gasteiger partial charge in [0.1, 0.15) is 5.82 Å². The highest BCUT2D eigenvalue weighted by Gasteiger charge is 2.23. The van der Waals surface area contributed by atoms with Crippen molar-refractivity contribution in [2.45, 2.75) is 0 Å². The molecule has 0 fully saturated rings. The smallest absolute Gasteiger partial charge is 0.416 e. The van der Waals surface area contributed by atoms with Gasteiger partial charge in [-0.1, -0.05) is 23.2 Å². The molecule has 3 heterocycles. The topological polar surface area (TPSA) is 105 Å². The van der Waals surface area contributed by atoms with Gasteiger partial charge in [-0.25, -0.2) is 14.3 Å². The average Bonchev–Trinajstić information content (AvgIpc) is 3.29. The molecule has 0 saturated carbocycles. The van der Waals surface area contributed by atoms with E-state index in [9.17, 15) is 14.7 Å². The van der Waals surface area contributed by atoms with Crippen molar-refractivity contribution >= 4 is 57.6 Å². The fourth-order valence-corrected chi connectivity index (χ4v) is 3.92. The molecule has 4 rings (SSSR count). The molecule has 0 aliphatic rings. The molecule has 0 saturated heterocycles. The summed E-state index contributed by atoms with van der Waals surface area (Å²) in [5.41, 5.74) is 2.19. The van der Waals surface area contributed by atoms with Gasteiger partial charge in [0.25, 0.3) is 5.91 Å². The summed E-state index contributed by atoms with van der Waals surface area (Å²) in [4.78, 5) is 30.0. The standard InChI is InChI=1S/C21H18Cl2N6O3/c1-27(2)20(30)11-4-5-15(14(22)6-11)26-17-7-16-13(9-24-17)18(23)19(29(16)21(31)32)12-8-25-28(3)10-12/h4-10H,1-3H3,(H,24,26)(H,31,32). The lowest BCUT2D eigenvalue weighted by molar-refractivity contribution is 0.0827. The highest BCUT2D eigenvalue weighted by molar-refractivity contribution is 6.39. The van der Waals surface area contributed by atoms with Crippen LogP contribution in [0.4, 0.5) is 16.3 Å². The van der Waals surface area contributed by atoms with Crippen LogP contribution in [0.25, 0.3) is 22.2 Å². The van der Waals surface area contributed by atoms with E-state index >= 15 is 0 Å². The van der Waals surface area contributed by atoms with Crippen molar-refractivity contribution in [3.05, 3.63) is 58.5 Å². The van der Waals surface area contributed by atoms with Crippen LogP contribution in [0.1, 0.15) is 10.4 Å². The van der Waals surface area contributed by atoms with E-state index in [1.165, 1.54) is 11.1 Å². The van der Waals surface area contributed by atoms with E-state index in [1.54, 1.807) is 62.5 Å². The normalized spacial score (nSPS) is 11.0. The number of pyridine rings is 1. The molecule has 0 unspecified atom stereocenters. The van der Waals surface area contributed by atoms with Crippen molar-refractivity contribution in [3.8, 4) is 11.3 Å². The van der Waals surface area contributed by atoms with Crippen LogP contribution in [0.5, 0.6) is 0 Å². The number of aromatic nitrogens is 4. The summed E-state index contributed by atoms with van der Waals surface area (Å²) < 4.78 is 2.66. The molecule has 4 aromatic rings.